The number of hydrogen-bond acceptors (Lipinski definition) is 9. The summed E-state index contributed by atoms with van der Waals surface area (Å²) in [6.45, 7) is 2.38. The molecule has 2 amide bonds. The molecule has 4 heterocycles. The van der Waals surface area contributed by atoms with Crippen LogP contribution in [-0.4, -0.2) is 75.8 Å². The number of nitrogens with one attached hydrogen (secondary N) is 1. The van der Waals surface area contributed by atoms with Crippen LogP contribution in [0.3, 0.4) is 0 Å². The average molecular weight is 652 g/mol. The number of ether oxygens (including phenoxy) is 3. The Bertz CT molecular complexity index is 1730. The summed E-state index contributed by atoms with van der Waals surface area (Å²) in [4.78, 5) is 42.2. The molecule has 2 aliphatic rings. The molecule has 1 saturated heterocycles. The van der Waals surface area contributed by atoms with Crippen molar-refractivity contribution < 1.29 is 37.0 Å². The molecular weight excluding hydrogens is 619 g/mol. The van der Waals surface area contributed by atoms with E-state index in [1.54, 1.807) is 53.3 Å². The molecule has 0 bridgehead atoms. The van der Waals surface area contributed by atoms with Crippen molar-refractivity contribution in [3.8, 4) is 23.2 Å². The van der Waals surface area contributed by atoms with Crippen LogP contribution >= 0.6 is 0 Å². The maximum Gasteiger partial charge on any atom is 0.433 e. The maximum atomic E-state index is 14.0. The molecule has 15 heteroatoms. The Labute approximate surface area is 268 Å². The van der Waals surface area contributed by atoms with Crippen LogP contribution in [0.2, 0.25) is 0 Å². The van der Waals surface area contributed by atoms with Gasteiger partial charge in [0.15, 0.2) is 17.2 Å². The molecule has 0 radical (unpaired) electrons. The van der Waals surface area contributed by atoms with Crippen LogP contribution in [0.15, 0.2) is 67.3 Å². The van der Waals surface area contributed by atoms with Crippen LogP contribution in [-0.2, 0) is 22.2 Å². The van der Waals surface area contributed by atoms with E-state index in [9.17, 15) is 22.8 Å². The summed E-state index contributed by atoms with van der Waals surface area (Å²) in [5, 5.41) is 2.97. The van der Waals surface area contributed by atoms with Gasteiger partial charge in [0.05, 0.1) is 25.6 Å². The van der Waals surface area contributed by atoms with Crippen molar-refractivity contribution in [1.29, 1.82) is 0 Å². The van der Waals surface area contributed by atoms with Gasteiger partial charge in [0.1, 0.15) is 17.9 Å². The minimum Gasteiger partial charge on any atom is -0.497 e. The lowest BCUT2D eigenvalue weighted by molar-refractivity contribution is -0.141. The lowest BCUT2D eigenvalue weighted by Crippen LogP contribution is -2.56. The molecule has 0 aliphatic carbocycles. The monoisotopic (exact) mass is 651 g/mol. The molecule has 2 aliphatic heterocycles. The number of anilines is 1. The van der Waals surface area contributed by atoms with E-state index in [0.717, 1.165) is 17.2 Å². The molecule has 12 nitrogen and oxygen atoms in total. The van der Waals surface area contributed by atoms with Crippen molar-refractivity contribution >= 4 is 17.6 Å². The van der Waals surface area contributed by atoms with E-state index in [0.29, 0.717) is 17.2 Å². The van der Waals surface area contributed by atoms with Gasteiger partial charge in [0.25, 0.3) is 0 Å². The smallest absolute Gasteiger partial charge is 0.433 e. The molecule has 6 rings (SSSR count). The first-order valence-electron chi connectivity index (χ1n) is 14.9. The molecule has 2 unspecified atom stereocenters. The second-order valence-corrected chi connectivity index (χ2v) is 11.2. The SMILES string of the molecule is COc1ccc(CC(=O)N2CCN(c3cc(C(F)(F)F)nc(-n4ccnc4)n3)C(CC(=O)NC(C)c3ccc4c(c3)OCO4)C2)cc1. The quantitative estimate of drug-likeness (QED) is 0.287. The van der Waals surface area contributed by atoms with E-state index in [2.05, 4.69) is 20.3 Å². The maximum absolute atomic E-state index is 14.0. The van der Waals surface area contributed by atoms with E-state index in [1.165, 1.54) is 23.3 Å². The Morgan fingerprint density at radius 1 is 1.06 bits per heavy atom. The molecule has 47 heavy (non-hydrogen) atoms. The number of carbonyl (C=O) groups excluding carboxylic acids is 2. The van der Waals surface area contributed by atoms with Crippen molar-refractivity contribution in [2.45, 2.75) is 38.0 Å². The zero-order valence-electron chi connectivity index (χ0n) is 25.6. The average Bonchev–Trinajstić information content (AvgIpc) is 3.77. The van der Waals surface area contributed by atoms with Gasteiger partial charge >= 0.3 is 6.18 Å². The van der Waals surface area contributed by atoms with Gasteiger partial charge in [0, 0.05) is 44.5 Å². The minimum atomic E-state index is -4.75. The van der Waals surface area contributed by atoms with E-state index in [1.807, 2.05) is 13.0 Å². The lowest BCUT2D eigenvalue weighted by atomic mass is 10.0. The van der Waals surface area contributed by atoms with Crippen LogP contribution < -0.4 is 24.4 Å². The third kappa shape index (κ3) is 7.23. The standard InChI is InChI=1S/C32H32F3N7O5/c1-20(22-5-8-25-26(14-22)47-19-46-25)37-29(43)15-23-17-40(30(44)13-21-3-6-24(45-2)7-4-21)11-12-42(23)28-16-27(32(33,34)35)38-31(39-28)41-10-9-36-18-41/h3-10,14,16,18,20,23H,11-13,15,17,19H2,1-2H3,(H,37,43). The number of aromatic nitrogens is 4. The van der Waals surface area contributed by atoms with Gasteiger partial charge < -0.3 is 29.3 Å². The molecule has 2 aromatic carbocycles. The highest BCUT2D eigenvalue weighted by Crippen LogP contribution is 2.35. The number of rotatable bonds is 9. The molecule has 2 atom stereocenters. The third-order valence-electron chi connectivity index (χ3n) is 8.07. The van der Waals surface area contributed by atoms with E-state index >= 15 is 0 Å². The summed E-state index contributed by atoms with van der Waals surface area (Å²) in [5.41, 5.74) is 0.430. The molecule has 0 saturated carbocycles. The number of alkyl halides is 3. The minimum absolute atomic E-state index is 0.0140. The van der Waals surface area contributed by atoms with Crippen LogP contribution in [0.4, 0.5) is 19.0 Å². The van der Waals surface area contributed by atoms with Crippen LogP contribution in [0.1, 0.15) is 36.2 Å². The number of methoxy groups -OCH3 is 1. The number of hydrogen-bond donors (Lipinski definition) is 1. The van der Waals surface area contributed by atoms with Crippen molar-refractivity contribution in [2.75, 3.05) is 38.4 Å². The van der Waals surface area contributed by atoms with Crippen molar-refractivity contribution in [2.24, 2.45) is 0 Å². The van der Waals surface area contributed by atoms with Crippen LogP contribution in [0, 0.1) is 0 Å². The summed E-state index contributed by atoms with van der Waals surface area (Å²) in [7, 11) is 1.56. The Kier molecular flexibility index (Phi) is 8.87. The van der Waals surface area contributed by atoms with Gasteiger partial charge in [0.2, 0.25) is 24.6 Å². The highest BCUT2D eigenvalue weighted by molar-refractivity contribution is 5.80. The number of carbonyl (C=O) groups is 2. The summed E-state index contributed by atoms with van der Waals surface area (Å²) >= 11 is 0. The summed E-state index contributed by atoms with van der Waals surface area (Å²) in [6.07, 6.45) is -0.608. The van der Waals surface area contributed by atoms with E-state index < -0.39 is 24.0 Å². The zero-order valence-corrected chi connectivity index (χ0v) is 25.6. The summed E-state index contributed by atoms with van der Waals surface area (Å²) in [5.74, 6) is 1.09. The van der Waals surface area contributed by atoms with Gasteiger partial charge in [-0.1, -0.05) is 18.2 Å². The molecule has 246 valence electrons. The fourth-order valence-electron chi connectivity index (χ4n) is 5.58. The molecule has 1 fully saturated rings. The van der Waals surface area contributed by atoms with Crippen molar-refractivity contribution in [1.82, 2.24) is 29.7 Å². The first kappa shape index (κ1) is 31.6. The molecule has 1 N–H and O–H groups in total. The predicted octanol–water partition coefficient (Wildman–Crippen LogP) is 3.95. The largest absolute Gasteiger partial charge is 0.497 e. The zero-order chi connectivity index (χ0) is 33.1. The van der Waals surface area contributed by atoms with Gasteiger partial charge in [-0.3, -0.25) is 14.2 Å². The number of benzene rings is 2. The van der Waals surface area contributed by atoms with Gasteiger partial charge in [-0.05, 0) is 42.3 Å². The summed E-state index contributed by atoms with van der Waals surface area (Å²) in [6, 6.07) is 12.3. The first-order chi connectivity index (χ1) is 22.6. The Morgan fingerprint density at radius 3 is 2.57 bits per heavy atom. The molecular formula is C32H32F3N7O5. The Morgan fingerprint density at radius 2 is 1.85 bits per heavy atom. The highest BCUT2D eigenvalue weighted by atomic mass is 19.4. The third-order valence-corrected chi connectivity index (χ3v) is 8.07. The Balaban J connectivity index is 1.25. The number of amides is 2. The second kappa shape index (κ2) is 13.2. The Hall–Kier alpha value is -5.34. The highest BCUT2D eigenvalue weighted by Gasteiger charge is 2.37. The van der Waals surface area contributed by atoms with Gasteiger partial charge in [-0.25, -0.2) is 9.97 Å². The summed E-state index contributed by atoms with van der Waals surface area (Å²) < 4.78 is 59.3. The van der Waals surface area contributed by atoms with Crippen LogP contribution in [0.25, 0.3) is 5.95 Å². The van der Waals surface area contributed by atoms with Crippen molar-refractivity contribution in [3.63, 3.8) is 0 Å². The second-order valence-electron chi connectivity index (χ2n) is 11.2. The molecule has 0 spiro atoms. The number of fused-ring (bicyclic) bond motifs is 1. The number of nitrogens with zero attached hydrogens (tertiary/aromatic N) is 6. The number of imidazole rings is 1. The lowest BCUT2D eigenvalue weighted by Gasteiger charge is -2.42. The van der Waals surface area contributed by atoms with Crippen molar-refractivity contribution in [3.05, 3.63) is 84.1 Å². The topological polar surface area (TPSA) is 124 Å². The normalized spacial score (nSPS) is 16.6. The first-order valence-corrected chi connectivity index (χ1v) is 14.9. The molecule has 4 aromatic rings. The van der Waals surface area contributed by atoms with Gasteiger partial charge in [-0.2, -0.15) is 18.2 Å². The fraction of sp³-hybridized carbons (Fsp3) is 0.344. The molecule has 2 aromatic heterocycles. The van der Waals surface area contributed by atoms with E-state index in [4.69, 9.17) is 14.2 Å². The van der Waals surface area contributed by atoms with E-state index in [-0.39, 0.29) is 62.8 Å². The van der Waals surface area contributed by atoms with Crippen LogP contribution in [0.5, 0.6) is 17.2 Å². The van der Waals surface area contributed by atoms with Gasteiger partial charge in [-0.15, -0.1) is 0 Å². The predicted molar refractivity (Wildman–Crippen MR) is 162 cm³/mol. The number of piperazine rings is 1. The number of halogens is 3. The fourth-order valence-corrected chi connectivity index (χ4v) is 5.58.